The van der Waals surface area contributed by atoms with E-state index in [2.05, 4.69) is 24.1 Å². The van der Waals surface area contributed by atoms with Gasteiger partial charge in [0, 0.05) is 25.1 Å². The third kappa shape index (κ3) is 9.95. The van der Waals surface area contributed by atoms with Crippen LogP contribution < -0.4 is 19.5 Å². The van der Waals surface area contributed by atoms with Crippen LogP contribution in [0.5, 0.6) is 11.5 Å². The predicted octanol–water partition coefficient (Wildman–Crippen LogP) is 6.93. The zero-order valence-electron chi connectivity index (χ0n) is 29.9. The van der Waals surface area contributed by atoms with Crippen molar-refractivity contribution in [2.45, 2.75) is 51.4 Å². The quantitative estimate of drug-likeness (QED) is 0.0786. The van der Waals surface area contributed by atoms with Crippen LogP contribution in [0.4, 0.5) is 0 Å². The van der Waals surface area contributed by atoms with Crippen LogP contribution >= 0.6 is 23.2 Å². The van der Waals surface area contributed by atoms with E-state index in [1.807, 2.05) is 42.5 Å². The Kier molecular flexibility index (Phi) is 13.8. The molecule has 0 aliphatic carbocycles. The molecular weight excluding hydrogens is 705 g/mol. The highest BCUT2D eigenvalue weighted by molar-refractivity contribution is 6.35. The van der Waals surface area contributed by atoms with Crippen LogP contribution in [-0.2, 0) is 27.1 Å². The van der Waals surface area contributed by atoms with Crippen molar-refractivity contribution in [3.63, 3.8) is 0 Å². The molecule has 1 fully saturated rings. The fraction of sp³-hybridized carbons (Fsp3) is 0.375. The van der Waals surface area contributed by atoms with Crippen molar-refractivity contribution in [3.8, 4) is 11.5 Å². The van der Waals surface area contributed by atoms with E-state index < -0.39 is 18.1 Å². The number of aromatic nitrogens is 1. The van der Waals surface area contributed by atoms with E-state index in [4.69, 9.17) is 42.1 Å². The van der Waals surface area contributed by atoms with E-state index in [0.29, 0.717) is 51.8 Å². The lowest BCUT2D eigenvalue weighted by molar-refractivity contribution is -0.605. The minimum absolute atomic E-state index is 0.102. The van der Waals surface area contributed by atoms with Crippen LogP contribution in [0, 0.1) is 11.1 Å². The van der Waals surface area contributed by atoms with Gasteiger partial charge in [0.1, 0.15) is 28.3 Å². The lowest BCUT2D eigenvalue weighted by Crippen LogP contribution is -2.46. The molecule has 52 heavy (non-hydrogen) atoms. The smallest absolute Gasteiger partial charge is 0.338 e. The summed E-state index contributed by atoms with van der Waals surface area (Å²) >= 11 is 12.8. The molecule has 10 nitrogen and oxygen atoms in total. The van der Waals surface area contributed by atoms with Gasteiger partial charge in [-0.1, -0.05) is 85.6 Å². The van der Waals surface area contributed by atoms with Gasteiger partial charge in [0.2, 0.25) is 0 Å². The Morgan fingerprint density at radius 3 is 2.31 bits per heavy atom. The van der Waals surface area contributed by atoms with Crippen molar-refractivity contribution in [1.29, 1.82) is 0 Å². The van der Waals surface area contributed by atoms with Crippen LogP contribution in [0.15, 0.2) is 85.2 Å². The second kappa shape index (κ2) is 18.4. The molecule has 0 radical (unpaired) electrons. The number of ether oxygens (including phenoxy) is 4. The number of piperidine rings is 1. The molecule has 0 saturated carbocycles. The monoisotopic (exact) mass is 749 g/mol. The van der Waals surface area contributed by atoms with Gasteiger partial charge in [-0.25, -0.2) is 9.59 Å². The molecule has 0 amide bonds. The highest BCUT2D eigenvalue weighted by atomic mass is 35.5. The maximum absolute atomic E-state index is 13.5. The second-order valence-electron chi connectivity index (χ2n) is 12.9. The molecule has 1 aliphatic heterocycles. The molecule has 1 saturated heterocycles. The summed E-state index contributed by atoms with van der Waals surface area (Å²) in [7, 11) is 3.05. The normalized spacial score (nSPS) is 17.2. The Morgan fingerprint density at radius 2 is 1.65 bits per heavy atom. The van der Waals surface area contributed by atoms with Crippen molar-refractivity contribution in [3.05, 3.63) is 128 Å². The number of hydrogen-bond donors (Lipinski definition) is 1. The highest BCUT2D eigenvalue weighted by Crippen LogP contribution is 2.35. The van der Waals surface area contributed by atoms with Crippen molar-refractivity contribution in [2.75, 3.05) is 40.4 Å². The van der Waals surface area contributed by atoms with Gasteiger partial charge in [-0.2, -0.15) is 4.73 Å². The molecule has 4 atom stereocenters. The molecule has 0 bridgehead atoms. The molecule has 5 rings (SSSR count). The molecule has 0 spiro atoms. The van der Waals surface area contributed by atoms with E-state index in [-0.39, 0.29) is 28.5 Å². The maximum Gasteiger partial charge on any atom is 0.338 e. The first kappa shape index (κ1) is 38.9. The Morgan fingerprint density at radius 1 is 0.962 bits per heavy atom. The number of esters is 2. The van der Waals surface area contributed by atoms with E-state index in [0.717, 1.165) is 37.2 Å². The lowest BCUT2D eigenvalue weighted by Gasteiger charge is -2.36. The van der Waals surface area contributed by atoms with Crippen LogP contribution in [0.1, 0.15) is 65.0 Å². The van der Waals surface area contributed by atoms with E-state index >= 15 is 0 Å². The number of carbonyl (C=O) groups excluding carboxylic acids is 2. The van der Waals surface area contributed by atoms with Crippen LogP contribution in [-0.4, -0.2) is 63.3 Å². The first-order valence-corrected chi connectivity index (χ1v) is 18.1. The number of methoxy groups -OCH3 is 2. The van der Waals surface area contributed by atoms with Gasteiger partial charge < -0.3 is 29.5 Å². The molecule has 1 N–H and O–H groups in total. The minimum Gasteiger partial charge on any atom is -0.619 e. The van der Waals surface area contributed by atoms with Crippen LogP contribution in [0.2, 0.25) is 10.0 Å². The number of likely N-dealkylation sites (tertiary alicyclic amines) is 1. The van der Waals surface area contributed by atoms with Crippen molar-refractivity contribution in [1.82, 2.24) is 10.2 Å². The largest absolute Gasteiger partial charge is 0.619 e. The zero-order chi connectivity index (χ0) is 37.2. The molecule has 276 valence electrons. The highest BCUT2D eigenvalue weighted by Gasteiger charge is 2.32. The number of nitrogens with one attached hydrogen (secondary N) is 1. The first-order chi connectivity index (χ1) is 25.1. The number of benzene rings is 3. The third-order valence-electron chi connectivity index (χ3n) is 9.48. The van der Waals surface area contributed by atoms with Crippen LogP contribution in [0.25, 0.3) is 0 Å². The van der Waals surface area contributed by atoms with Gasteiger partial charge >= 0.3 is 11.9 Å². The second-order valence-corrected chi connectivity index (χ2v) is 13.7. The number of halogens is 2. The summed E-state index contributed by atoms with van der Waals surface area (Å²) in [4.78, 5) is 29.4. The van der Waals surface area contributed by atoms with E-state index in [1.165, 1.54) is 26.6 Å². The average Bonchev–Trinajstić information content (AvgIpc) is 3.15. The number of pyridine rings is 1. The van der Waals surface area contributed by atoms with Crippen molar-refractivity contribution in [2.24, 2.45) is 5.92 Å². The molecule has 1 aromatic heterocycles. The summed E-state index contributed by atoms with van der Waals surface area (Å²) in [5.74, 6) is 0.419. The number of nitrogens with zero attached hydrogens (tertiary/aromatic N) is 2. The number of rotatable bonds is 15. The molecule has 3 aromatic carbocycles. The van der Waals surface area contributed by atoms with E-state index in [1.54, 1.807) is 30.3 Å². The predicted molar refractivity (Wildman–Crippen MR) is 200 cm³/mol. The lowest BCUT2D eigenvalue weighted by atomic mass is 9.95. The fourth-order valence-corrected chi connectivity index (χ4v) is 6.89. The first-order valence-electron chi connectivity index (χ1n) is 17.4. The third-order valence-corrected chi connectivity index (χ3v) is 10.1. The molecule has 2 heterocycles. The summed E-state index contributed by atoms with van der Waals surface area (Å²) in [6, 6.07) is 21.3. The summed E-state index contributed by atoms with van der Waals surface area (Å²) < 4.78 is 23.5. The number of likely N-dealkylation sites (N-methyl/N-ethyl adjacent to an activating group) is 1. The number of hydrogen-bond acceptors (Lipinski definition) is 9. The number of carbonyl (C=O) groups is 2. The SMILES string of the molecule is CCN1CCC(C)[C@@H](OC(=O)C(NCCc2ccc(C(=O)O[C@@H](Cc3c(Cl)c[n+]([O-])cc3Cl)c3ccc(OC)c(OC)c3)cc2)c2ccccc2)C1. The molecule has 12 heteroatoms. The summed E-state index contributed by atoms with van der Waals surface area (Å²) in [6.45, 7) is 7.45. The van der Waals surface area contributed by atoms with Gasteiger partial charge in [0.15, 0.2) is 23.9 Å². The zero-order valence-corrected chi connectivity index (χ0v) is 31.4. The molecule has 2 unspecified atom stereocenters. The van der Waals surface area contributed by atoms with Crippen LogP contribution in [0.3, 0.4) is 0 Å². The summed E-state index contributed by atoms with van der Waals surface area (Å²) in [6.07, 6.45) is 3.12. The Balaban J connectivity index is 1.26. The van der Waals surface area contributed by atoms with Gasteiger partial charge in [-0.05, 0) is 72.8 Å². The fourth-order valence-electron chi connectivity index (χ4n) is 6.30. The van der Waals surface area contributed by atoms with Gasteiger partial charge in [0.05, 0.1) is 19.8 Å². The Labute approximate surface area is 315 Å². The Bertz CT molecular complexity index is 1790. The topological polar surface area (TPSA) is 113 Å². The Hall–Kier alpha value is -4.35. The summed E-state index contributed by atoms with van der Waals surface area (Å²) in [5, 5.41) is 15.6. The maximum atomic E-state index is 13.5. The molecule has 1 aliphatic rings. The van der Waals surface area contributed by atoms with Gasteiger partial charge in [-0.15, -0.1) is 0 Å². The molecule has 4 aromatic rings. The summed E-state index contributed by atoms with van der Waals surface area (Å²) in [5.41, 5.74) is 3.23. The van der Waals surface area contributed by atoms with Gasteiger partial charge in [0.25, 0.3) is 0 Å². The molecular formula is C40H45Cl2N3O7. The minimum atomic E-state index is -0.829. The van der Waals surface area contributed by atoms with E-state index in [9.17, 15) is 14.8 Å². The van der Waals surface area contributed by atoms with Gasteiger partial charge in [-0.3, -0.25) is 4.90 Å². The standard InChI is InChI=1S/C40H45Cl2N3O7/c1-5-44-20-18-26(2)37(25-44)52-40(47)38(28-9-7-6-8-10-28)43-19-17-27-11-13-29(14-12-27)39(46)51-35(22-31-32(41)23-45(48)24-33(31)42)30-15-16-34(49-3)36(21-30)50-4/h6-16,21,23-24,26,35,37-38,43H,5,17-20,22,25H2,1-4H3/t26?,35-,37-,38?/m0/s1. The van der Waals surface area contributed by atoms with Crippen molar-refractivity contribution < 1.29 is 33.3 Å². The van der Waals surface area contributed by atoms with Crippen molar-refractivity contribution >= 4 is 35.1 Å². The average molecular weight is 751 g/mol.